The Labute approximate surface area is 151 Å². The molecule has 136 valence electrons. The molecule has 0 spiro atoms. The normalized spacial score (nSPS) is 15.9. The van der Waals surface area contributed by atoms with E-state index in [1.165, 1.54) is 12.1 Å². The third-order valence-electron chi connectivity index (χ3n) is 4.75. The fourth-order valence-corrected chi connectivity index (χ4v) is 3.24. The van der Waals surface area contributed by atoms with Crippen LogP contribution in [0.25, 0.3) is 11.0 Å². The average molecular weight is 355 g/mol. The molecular formula is C19H22FN5O. The molecule has 0 atom stereocenters. The standard InChI is InChI=1S/C19H22FN5O/c1-13(2)19-21-6-5-18(22-19)25-9-7-24(8-10-25)12-16-15-4-3-14(20)11-17(15)26-23-16/h3-6,11,13H,7-10,12H2,1-2H3. The number of hydrogen-bond acceptors (Lipinski definition) is 6. The van der Waals surface area contributed by atoms with Gasteiger partial charge in [-0.05, 0) is 18.2 Å². The fraction of sp³-hybridized carbons (Fsp3) is 0.421. The van der Waals surface area contributed by atoms with Crippen molar-refractivity contribution < 1.29 is 8.91 Å². The molecule has 26 heavy (non-hydrogen) atoms. The zero-order valence-electron chi connectivity index (χ0n) is 15.0. The summed E-state index contributed by atoms with van der Waals surface area (Å²) in [5.74, 6) is 1.89. The van der Waals surface area contributed by atoms with Gasteiger partial charge >= 0.3 is 0 Å². The van der Waals surface area contributed by atoms with Gasteiger partial charge in [0, 0.05) is 56.3 Å². The van der Waals surface area contributed by atoms with E-state index in [4.69, 9.17) is 4.52 Å². The lowest BCUT2D eigenvalue weighted by atomic mass is 10.2. The number of fused-ring (bicyclic) bond motifs is 1. The molecule has 1 aromatic carbocycles. The summed E-state index contributed by atoms with van der Waals surface area (Å²) in [4.78, 5) is 13.6. The molecule has 1 fully saturated rings. The number of nitrogens with zero attached hydrogens (tertiary/aromatic N) is 5. The van der Waals surface area contributed by atoms with Crippen LogP contribution in [0.1, 0.15) is 31.3 Å². The summed E-state index contributed by atoms with van der Waals surface area (Å²) in [6.45, 7) is 8.54. The van der Waals surface area contributed by atoms with Gasteiger partial charge in [0.05, 0.1) is 0 Å². The molecular weight excluding hydrogens is 333 g/mol. The number of benzene rings is 1. The van der Waals surface area contributed by atoms with Crippen molar-refractivity contribution in [1.29, 1.82) is 0 Å². The van der Waals surface area contributed by atoms with Crippen LogP contribution in [0.2, 0.25) is 0 Å². The van der Waals surface area contributed by atoms with Crippen LogP contribution in [0.4, 0.5) is 10.2 Å². The minimum atomic E-state index is -0.306. The van der Waals surface area contributed by atoms with Crippen LogP contribution in [0, 0.1) is 5.82 Å². The third kappa shape index (κ3) is 3.39. The van der Waals surface area contributed by atoms with Crippen LogP contribution in [0.3, 0.4) is 0 Å². The number of hydrogen-bond donors (Lipinski definition) is 0. The minimum Gasteiger partial charge on any atom is -0.356 e. The van der Waals surface area contributed by atoms with Crippen LogP contribution < -0.4 is 4.90 Å². The lowest BCUT2D eigenvalue weighted by molar-refractivity contribution is 0.243. The van der Waals surface area contributed by atoms with E-state index in [0.29, 0.717) is 18.0 Å². The minimum absolute atomic E-state index is 0.306. The quantitative estimate of drug-likeness (QED) is 0.716. The van der Waals surface area contributed by atoms with Gasteiger partial charge in [-0.3, -0.25) is 4.90 Å². The Balaban J connectivity index is 1.41. The summed E-state index contributed by atoms with van der Waals surface area (Å²) >= 11 is 0. The Morgan fingerprint density at radius 2 is 1.96 bits per heavy atom. The van der Waals surface area contributed by atoms with E-state index in [1.807, 2.05) is 12.3 Å². The number of anilines is 1. The Morgan fingerprint density at radius 1 is 1.15 bits per heavy atom. The van der Waals surface area contributed by atoms with Crippen molar-refractivity contribution in [2.45, 2.75) is 26.3 Å². The molecule has 0 bridgehead atoms. The van der Waals surface area contributed by atoms with Gasteiger partial charge in [0.2, 0.25) is 0 Å². The average Bonchev–Trinajstić information content (AvgIpc) is 3.04. The first kappa shape index (κ1) is 16.9. The molecule has 0 unspecified atom stereocenters. The molecule has 0 amide bonds. The van der Waals surface area contributed by atoms with Crippen molar-refractivity contribution in [1.82, 2.24) is 20.0 Å². The highest BCUT2D eigenvalue weighted by molar-refractivity contribution is 5.79. The van der Waals surface area contributed by atoms with Crippen molar-refractivity contribution in [2.75, 3.05) is 31.1 Å². The van der Waals surface area contributed by atoms with E-state index in [2.05, 4.69) is 38.8 Å². The van der Waals surface area contributed by atoms with Crippen LogP contribution in [-0.2, 0) is 6.54 Å². The molecule has 3 aromatic rings. The second kappa shape index (κ2) is 6.99. The molecule has 1 saturated heterocycles. The van der Waals surface area contributed by atoms with E-state index in [-0.39, 0.29) is 5.82 Å². The van der Waals surface area contributed by atoms with Crippen LogP contribution in [-0.4, -0.2) is 46.2 Å². The molecule has 0 radical (unpaired) electrons. The predicted molar refractivity (Wildman–Crippen MR) is 97.6 cm³/mol. The topological polar surface area (TPSA) is 58.3 Å². The fourth-order valence-electron chi connectivity index (χ4n) is 3.24. The lowest BCUT2D eigenvalue weighted by Gasteiger charge is -2.35. The Bertz CT molecular complexity index is 902. The summed E-state index contributed by atoms with van der Waals surface area (Å²) in [6.07, 6.45) is 1.84. The van der Waals surface area contributed by atoms with Crippen LogP contribution in [0.5, 0.6) is 0 Å². The highest BCUT2D eigenvalue weighted by Gasteiger charge is 2.21. The zero-order valence-corrected chi connectivity index (χ0v) is 15.0. The Hall–Kier alpha value is -2.54. The first-order valence-corrected chi connectivity index (χ1v) is 8.94. The van der Waals surface area contributed by atoms with E-state index in [1.54, 1.807) is 6.07 Å². The van der Waals surface area contributed by atoms with Crippen molar-refractivity contribution in [3.8, 4) is 0 Å². The maximum Gasteiger partial charge on any atom is 0.170 e. The summed E-state index contributed by atoms with van der Waals surface area (Å²) in [7, 11) is 0. The Kier molecular flexibility index (Phi) is 4.55. The van der Waals surface area contributed by atoms with Gasteiger partial charge in [-0.1, -0.05) is 19.0 Å². The lowest BCUT2D eigenvalue weighted by Crippen LogP contribution is -2.46. The highest BCUT2D eigenvalue weighted by Crippen LogP contribution is 2.22. The monoisotopic (exact) mass is 355 g/mol. The molecule has 3 heterocycles. The summed E-state index contributed by atoms with van der Waals surface area (Å²) in [5.41, 5.74) is 1.36. The summed E-state index contributed by atoms with van der Waals surface area (Å²) in [6, 6.07) is 6.54. The molecule has 1 aliphatic rings. The molecule has 4 rings (SSSR count). The van der Waals surface area contributed by atoms with Crippen molar-refractivity contribution >= 4 is 16.8 Å². The maximum atomic E-state index is 13.3. The SMILES string of the molecule is CC(C)c1nccc(N2CCN(Cc3noc4cc(F)ccc34)CC2)n1. The van der Waals surface area contributed by atoms with Gasteiger partial charge < -0.3 is 9.42 Å². The largest absolute Gasteiger partial charge is 0.356 e. The van der Waals surface area contributed by atoms with E-state index < -0.39 is 0 Å². The van der Waals surface area contributed by atoms with Crippen LogP contribution >= 0.6 is 0 Å². The molecule has 6 nitrogen and oxygen atoms in total. The van der Waals surface area contributed by atoms with Crippen LogP contribution in [0.15, 0.2) is 35.0 Å². The second-order valence-corrected chi connectivity index (χ2v) is 6.96. The van der Waals surface area contributed by atoms with Crippen molar-refractivity contribution in [3.63, 3.8) is 0 Å². The zero-order chi connectivity index (χ0) is 18.1. The van der Waals surface area contributed by atoms with E-state index in [0.717, 1.165) is 48.9 Å². The molecule has 0 saturated carbocycles. The van der Waals surface area contributed by atoms with Gasteiger partial charge in [0.25, 0.3) is 0 Å². The first-order valence-electron chi connectivity index (χ1n) is 8.94. The number of aromatic nitrogens is 3. The maximum absolute atomic E-state index is 13.3. The number of halogens is 1. The second-order valence-electron chi connectivity index (χ2n) is 6.96. The Morgan fingerprint density at radius 3 is 2.73 bits per heavy atom. The first-order chi connectivity index (χ1) is 12.6. The van der Waals surface area contributed by atoms with Gasteiger partial charge in [0.15, 0.2) is 5.58 Å². The van der Waals surface area contributed by atoms with Gasteiger partial charge in [-0.15, -0.1) is 0 Å². The highest BCUT2D eigenvalue weighted by atomic mass is 19.1. The molecule has 1 aliphatic heterocycles. The van der Waals surface area contributed by atoms with Gasteiger partial charge in [0.1, 0.15) is 23.2 Å². The smallest absolute Gasteiger partial charge is 0.170 e. The predicted octanol–water partition coefficient (Wildman–Crippen LogP) is 3.20. The molecule has 7 heteroatoms. The van der Waals surface area contributed by atoms with E-state index >= 15 is 0 Å². The van der Waals surface area contributed by atoms with Gasteiger partial charge in [-0.2, -0.15) is 0 Å². The summed E-state index contributed by atoms with van der Waals surface area (Å²) in [5, 5.41) is 5.00. The molecule has 2 aromatic heterocycles. The number of piperazine rings is 1. The van der Waals surface area contributed by atoms with Gasteiger partial charge in [-0.25, -0.2) is 14.4 Å². The summed E-state index contributed by atoms with van der Waals surface area (Å²) < 4.78 is 18.5. The molecule has 0 aliphatic carbocycles. The number of rotatable bonds is 4. The van der Waals surface area contributed by atoms with Crippen molar-refractivity contribution in [2.24, 2.45) is 0 Å². The molecule has 0 N–H and O–H groups in total. The van der Waals surface area contributed by atoms with E-state index in [9.17, 15) is 4.39 Å². The van der Waals surface area contributed by atoms with Crippen molar-refractivity contribution in [3.05, 3.63) is 47.8 Å². The third-order valence-corrected chi connectivity index (χ3v) is 4.75.